The maximum atomic E-state index is 14.1. The van der Waals surface area contributed by atoms with Crippen LogP contribution in [0.15, 0.2) is 72.8 Å². The first-order valence-electron chi connectivity index (χ1n) is 13.0. The predicted octanol–water partition coefficient (Wildman–Crippen LogP) is 3.25. The monoisotopic (exact) mass is 583 g/mol. The Balaban J connectivity index is 2.09. The zero-order chi connectivity index (χ0) is 30.0. The molecule has 1 N–H and O–H groups in total. The summed E-state index contributed by atoms with van der Waals surface area (Å²) in [5, 5.41) is 2.83. The number of amides is 2. The Morgan fingerprint density at radius 2 is 1.51 bits per heavy atom. The van der Waals surface area contributed by atoms with E-state index in [1.165, 1.54) is 25.2 Å². The molecular formula is C30H37N3O7S. The van der Waals surface area contributed by atoms with Gasteiger partial charge in [0.2, 0.25) is 21.8 Å². The summed E-state index contributed by atoms with van der Waals surface area (Å²) < 4.78 is 43.1. The number of nitrogens with one attached hydrogen (secondary N) is 1. The second-order valence-corrected chi connectivity index (χ2v) is 11.2. The van der Waals surface area contributed by atoms with Crippen LogP contribution in [-0.4, -0.2) is 71.8 Å². The van der Waals surface area contributed by atoms with Gasteiger partial charge in [-0.15, -0.1) is 0 Å². The van der Waals surface area contributed by atoms with E-state index >= 15 is 0 Å². The lowest BCUT2D eigenvalue weighted by molar-refractivity contribution is -0.140. The van der Waals surface area contributed by atoms with E-state index in [1.54, 1.807) is 44.4 Å². The summed E-state index contributed by atoms with van der Waals surface area (Å²) >= 11 is 0. The molecule has 11 heteroatoms. The van der Waals surface area contributed by atoms with Crippen molar-refractivity contribution in [1.29, 1.82) is 0 Å². The number of ether oxygens (including phenoxy) is 3. The number of hydrogen-bond donors (Lipinski definition) is 1. The Labute approximate surface area is 241 Å². The summed E-state index contributed by atoms with van der Waals surface area (Å²) in [7, 11) is 0.477. The topological polar surface area (TPSA) is 114 Å². The quantitative estimate of drug-likeness (QED) is 0.310. The molecule has 10 nitrogen and oxygen atoms in total. The first-order valence-corrected chi connectivity index (χ1v) is 14.9. The Bertz CT molecular complexity index is 1430. The third kappa shape index (κ3) is 8.37. The van der Waals surface area contributed by atoms with Crippen molar-refractivity contribution in [1.82, 2.24) is 10.2 Å². The minimum Gasteiger partial charge on any atom is -0.497 e. The maximum Gasteiger partial charge on any atom is 0.244 e. The van der Waals surface area contributed by atoms with E-state index in [0.717, 1.165) is 16.1 Å². The van der Waals surface area contributed by atoms with Gasteiger partial charge < -0.3 is 24.4 Å². The van der Waals surface area contributed by atoms with Gasteiger partial charge in [0.25, 0.3) is 0 Å². The van der Waals surface area contributed by atoms with Gasteiger partial charge in [-0.1, -0.05) is 42.5 Å². The number of methoxy groups -OCH3 is 3. The summed E-state index contributed by atoms with van der Waals surface area (Å²) in [6, 6.07) is 20.2. The fraction of sp³-hybridized carbons (Fsp3) is 0.333. The number of carbonyl (C=O) groups is 2. The highest BCUT2D eigenvalue weighted by Gasteiger charge is 2.33. The van der Waals surface area contributed by atoms with Crippen LogP contribution in [-0.2, 0) is 32.6 Å². The van der Waals surface area contributed by atoms with Gasteiger partial charge in [0.05, 0.1) is 33.3 Å². The number of carbonyl (C=O) groups excluding carboxylic acids is 2. The summed E-state index contributed by atoms with van der Waals surface area (Å²) in [6.07, 6.45) is 1.24. The van der Waals surface area contributed by atoms with Crippen LogP contribution in [0, 0.1) is 0 Å². The smallest absolute Gasteiger partial charge is 0.244 e. The van der Waals surface area contributed by atoms with Gasteiger partial charge in [0.15, 0.2) is 0 Å². The molecule has 0 spiro atoms. The van der Waals surface area contributed by atoms with E-state index in [-0.39, 0.29) is 30.3 Å². The van der Waals surface area contributed by atoms with Crippen molar-refractivity contribution in [3.63, 3.8) is 0 Å². The molecule has 0 aromatic heterocycles. The van der Waals surface area contributed by atoms with Crippen molar-refractivity contribution in [2.24, 2.45) is 0 Å². The van der Waals surface area contributed by atoms with E-state index in [9.17, 15) is 18.0 Å². The van der Waals surface area contributed by atoms with Crippen molar-refractivity contribution in [3.05, 3.63) is 83.9 Å². The van der Waals surface area contributed by atoms with Crippen molar-refractivity contribution in [2.45, 2.75) is 25.9 Å². The van der Waals surface area contributed by atoms with Gasteiger partial charge in [-0.2, -0.15) is 0 Å². The van der Waals surface area contributed by atoms with Crippen LogP contribution < -0.4 is 23.8 Å². The molecular weight excluding hydrogens is 546 g/mol. The number of rotatable bonds is 14. The van der Waals surface area contributed by atoms with E-state index in [0.29, 0.717) is 23.6 Å². The van der Waals surface area contributed by atoms with Crippen LogP contribution in [0.3, 0.4) is 0 Å². The molecule has 0 aliphatic heterocycles. The second-order valence-electron chi connectivity index (χ2n) is 9.28. The van der Waals surface area contributed by atoms with Crippen molar-refractivity contribution in [3.8, 4) is 17.2 Å². The molecule has 1 atom stereocenters. The number of likely N-dealkylation sites (N-methyl/N-ethyl adjacent to an activating group) is 1. The van der Waals surface area contributed by atoms with Crippen LogP contribution in [0.1, 0.15) is 18.1 Å². The van der Waals surface area contributed by atoms with Crippen LogP contribution >= 0.6 is 0 Å². The van der Waals surface area contributed by atoms with Crippen LogP contribution in [0.25, 0.3) is 0 Å². The summed E-state index contributed by atoms with van der Waals surface area (Å²) in [5.41, 5.74) is 1.74. The van der Waals surface area contributed by atoms with Crippen molar-refractivity contribution >= 4 is 27.5 Å². The first-order chi connectivity index (χ1) is 19.6. The van der Waals surface area contributed by atoms with Gasteiger partial charge >= 0.3 is 0 Å². The van der Waals surface area contributed by atoms with E-state index in [2.05, 4.69) is 5.32 Å². The second kappa shape index (κ2) is 14.4. The van der Waals surface area contributed by atoms with Gasteiger partial charge in [0, 0.05) is 25.6 Å². The van der Waals surface area contributed by atoms with Gasteiger partial charge in [-0.3, -0.25) is 13.9 Å². The number of sulfonamides is 1. The molecule has 220 valence electrons. The minimum atomic E-state index is -3.95. The van der Waals surface area contributed by atoms with Crippen LogP contribution in [0.5, 0.6) is 17.2 Å². The average molecular weight is 584 g/mol. The number of benzene rings is 3. The lowest BCUT2D eigenvalue weighted by Crippen LogP contribution is -2.53. The normalized spacial score (nSPS) is 11.7. The van der Waals surface area contributed by atoms with Gasteiger partial charge in [-0.05, 0) is 42.3 Å². The molecule has 0 saturated carbocycles. The highest BCUT2D eigenvalue weighted by atomic mass is 32.2. The molecule has 3 rings (SSSR count). The molecule has 0 fully saturated rings. The lowest BCUT2D eigenvalue weighted by atomic mass is 10.0. The third-order valence-corrected chi connectivity index (χ3v) is 7.57. The van der Waals surface area contributed by atoms with Crippen LogP contribution in [0.4, 0.5) is 5.69 Å². The lowest BCUT2D eigenvalue weighted by Gasteiger charge is -2.33. The highest BCUT2D eigenvalue weighted by molar-refractivity contribution is 7.92. The molecule has 0 aliphatic carbocycles. The van der Waals surface area contributed by atoms with E-state index in [1.807, 2.05) is 36.4 Å². The molecule has 2 amide bonds. The Hall–Kier alpha value is -4.25. The van der Waals surface area contributed by atoms with Gasteiger partial charge in [-0.25, -0.2) is 8.42 Å². The first kappa shape index (κ1) is 31.3. The Morgan fingerprint density at radius 3 is 2.12 bits per heavy atom. The molecule has 3 aromatic carbocycles. The molecule has 3 aromatic rings. The summed E-state index contributed by atoms with van der Waals surface area (Å²) in [4.78, 5) is 29.0. The minimum absolute atomic E-state index is 0.0437. The summed E-state index contributed by atoms with van der Waals surface area (Å²) in [5.74, 6) is 0.354. The van der Waals surface area contributed by atoms with Gasteiger partial charge in [0.1, 0.15) is 29.8 Å². The average Bonchev–Trinajstić information content (AvgIpc) is 2.97. The molecule has 0 heterocycles. The largest absolute Gasteiger partial charge is 0.497 e. The SMILES string of the molecule is CCNC(=O)[C@H](Cc1ccccc1)N(Cc1cccc(OC)c1)C(=O)CN(c1ccc(OC)cc1OC)S(C)(=O)=O. The molecule has 0 saturated heterocycles. The molecule has 0 aliphatic rings. The fourth-order valence-corrected chi connectivity index (χ4v) is 5.25. The zero-order valence-corrected chi connectivity index (χ0v) is 24.8. The number of anilines is 1. The van der Waals surface area contributed by atoms with E-state index in [4.69, 9.17) is 14.2 Å². The van der Waals surface area contributed by atoms with Crippen molar-refractivity contribution < 1.29 is 32.2 Å². The zero-order valence-electron chi connectivity index (χ0n) is 24.0. The summed E-state index contributed by atoms with van der Waals surface area (Å²) in [6.45, 7) is 1.65. The van der Waals surface area contributed by atoms with Crippen LogP contribution in [0.2, 0.25) is 0 Å². The molecule has 0 radical (unpaired) electrons. The fourth-order valence-electron chi connectivity index (χ4n) is 4.40. The maximum absolute atomic E-state index is 14.1. The molecule has 0 unspecified atom stereocenters. The number of hydrogen-bond acceptors (Lipinski definition) is 7. The Morgan fingerprint density at radius 1 is 0.854 bits per heavy atom. The standard InChI is InChI=1S/C30H37N3O7S/c1-6-31-30(35)27(18-22-11-8-7-9-12-22)32(20-23-13-10-14-24(17-23)38-2)29(34)21-33(41(5,36)37)26-16-15-25(39-3)19-28(26)40-4/h7-17,19,27H,6,18,20-21H2,1-5H3,(H,31,35)/t27-/m0/s1. The van der Waals surface area contributed by atoms with E-state index < -0.39 is 28.5 Å². The Kier molecular flexibility index (Phi) is 11.0. The third-order valence-electron chi connectivity index (χ3n) is 6.44. The predicted molar refractivity (Wildman–Crippen MR) is 158 cm³/mol. The number of nitrogens with zero attached hydrogens (tertiary/aromatic N) is 2. The molecule has 41 heavy (non-hydrogen) atoms. The highest BCUT2D eigenvalue weighted by Crippen LogP contribution is 2.34. The molecule has 0 bridgehead atoms. The van der Waals surface area contributed by atoms with Crippen molar-refractivity contribution in [2.75, 3.05) is 45.0 Å².